The highest BCUT2D eigenvalue weighted by atomic mass is 35.5. The van der Waals surface area contributed by atoms with E-state index < -0.39 is 0 Å². The lowest BCUT2D eigenvalue weighted by molar-refractivity contribution is 1.23. The summed E-state index contributed by atoms with van der Waals surface area (Å²) in [5, 5.41) is 0. The van der Waals surface area contributed by atoms with Crippen LogP contribution in [0.1, 0.15) is 5.56 Å². The fraction of sp³-hybridized carbons (Fsp3) is 0.125. The zero-order valence-corrected chi connectivity index (χ0v) is 6.98. The van der Waals surface area contributed by atoms with Crippen LogP contribution in [0.15, 0.2) is 17.1 Å². The number of pyridine rings is 1. The zero-order chi connectivity index (χ0) is 8.97. The highest BCUT2D eigenvalue weighted by molar-refractivity contribution is 6.19. The first-order chi connectivity index (χ1) is 5.74. The maximum Gasteiger partial charge on any atom is 0.271 e. The van der Waals surface area contributed by atoms with Crippen LogP contribution in [-0.4, -0.2) is 10.9 Å². The van der Waals surface area contributed by atoms with Gasteiger partial charge in [0.2, 0.25) is 0 Å². The monoisotopic (exact) mass is 182 g/mol. The summed E-state index contributed by atoms with van der Waals surface area (Å²) < 4.78 is 0. The summed E-state index contributed by atoms with van der Waals surface area (Å²) in [5.41, 5.74) is 5.87. The van der Waals surface area contributed by atoms with Crippen molar-refractivity contribution in [1.29, 1.82) is 0 Å². The molecule has 0 atom stereocenters. The number of alkyl halides is 1. The molecule has 0 radical (unpaired) electrons. The number of halogens is 1. The molecule has 0 fully saturated rings. The Balaban J connectivity index is 3.05. The molecule has 1 rings (SSSR count). The van der Waals surface area contributed by atoms with Crippen molar-refractivity contribution >= 4 is 17.3 Å². The SMILES string of the molecule is Nc1cc(C#CCCl)c[nH]c1=O. The molecule has 0 aliphatic rings. The van der Waals surface area contributed by atoms with Crippen LogP contribution >= 0.6 is 11.6 Å². The summed E-state index contributed by atoms with van der Waals surface area (Å²) in [7, 11) is 0. The van der Waals surface area contributed by atoms with E-state index in [1.807, 2.05) is 0 Å². The van der Waals surface area contributed by atoms with Gasteiger partial charge in [0.05, 0.1) is 11.6 Å². The largest absolute Gasteiger partial charge is 0.394 e. The first kappa shape index (κ1) is 8.69. The Morgan fingerprint density at radius 2 is 2.42 bits per heavy atom. The number of aromatic amines is 1. The van der Waals surface area contributed by atoms with Crippen LogP contribution in [0.3, 0.4) is 0 Å². The summed E-state index contributed by atoms with van der Waals surface area (Å²) in [6, 6.07) is 1.51. The zero-order valence-electron chi connectivity index (χ0n) is 6.23. The maximum atomic E-state index is 10.8. The van der Waals surface area contributed by atoms with E-state index in [4.69, 9.17) is 17.3 Å². The van der Waals surface area contributed by atoms with Crippen molar-refractivity contribution in [3.05, 3.63) is 28.2 Å². The van der Waals surface area contributed by atoms with E-state index in [1.54, 1.807) is 0 Å². The van der Waals surface area contributed by atoms with Gasteiger partial charge in [-0.2, -0.15) is 0 Å². The molecule has 1 aromatic rings. The highest BCUT2D eigenvalue weighted by Crippen LogP contribution is 1.96. The fourth-order valence-corrected chi connectivity index (χ4v) is 0.776. The number of nitrogen functional groups attached to an aromatic ring is 1. The number of nitrogens with two attached hydrogens (primary N) is 1. The molecule has 0 aliphatic carbocycles. The molecular formula is C8H7ClN2O. The minimum Gasteiger partial charge on any atom is -0.394 e. The predicted octanol–water partition coefficient (Wildman–Crippen LogP) is 0.547. The van der Waals surface area contributed by atoms with E-state index in [1.165, 1.54) is 12.3 Å². The third kappa shape index (κ3) is 2.04. The van der Waals surface area contributed by atoms with Crippen molar-refractivity contribution < 1.29 is 0 Å². The molecule has 1 heterocycles. The summed E-state index contributed by atoms with van der Waals surface area (Å²) in [6.07, 6.45) is 1.50. The number of H-pyrrole nitrogens is 1. The normalized spacial score (nSPS) is 8.75. The minimum absolute atomic E-state index is 0.163. The minimum atomic E-state index is -0.300. The molecule has 0 aliphatic heterocycles. The number of anilines is 1. The number of hydrogen-bond acceptors (Lipinski definition) is 2. The Labute approximate surface area is 74.5 Å². The molecule has 0 spiro atoms. The van der Waals surface area contributed by atoms with E-state index in [0.29, 0.717) is 5.56 Å². The van der Waals surface area contributed by atoms with Gasteiger partial charge in [-0.15, -0.1) is 11.6 Å². The molecule has 0 unspecified atom stereocenters. The van der Waals surface area contributed by atoms with E-state index >= 15 is 0 Å². The van der Waals surface area contributed by atoms with Crippen LogP contribution < -0.4 is 11.3 Å². The summed E-state index contributed by atoms with van der Waals surface area (Å²) in [5.74, 6) is 5.64. The average molecular weight is 183 g/mol. The molecule has 12 heavy (non-hydrogen) atoms. The van der Waals surface area contributed by atoms with Crippen LogP contribution in [-0.2, 0) is 0 Å². The van der Waals surface area contributed by atoms with Gasteiger partial charge in [-0.05, 0) is 6.07 Å². The van der Waals surface area contributed by atoms with Crippen molar-refractivity contribution in [1.82, 2.24) is 4.98 Å². The number of nitrogens with one attached hydrogen (secondary N) is 1. The van der Waals surface area contributed by atoms with Crippen molar-refractivity contribution in [3.63, 3.8) is 0 Å². The average Bonchev–Trinajstić information content (AvgIpc) is 2.07. The lowest BCUT2D eigenvalue weighted by atomic mass is 10.3. The Bertz CT molecular complexity index is 386. The molecule has 62 valence electrons. The molecule has 4 heteroatoms. The van der Waals surface area contributed by atoms with Gasteiger partial charge in [-0.3, -0.25) is 4.79 Å². The summed E-state index contributed by atoms with van der Waals surface area (Å²) in [6.45, 7) is 0. The van der Waals surface area contributed by atoms with Crippen LogP contribution in [0.25, 0.3) is 0 Å². The molecule has 0 saturated heterocycles. The first-order valence-electron chi connectivity index (χ1n) is 3.27. The number of aromatic nitrogens is 1. The third-order valence-electron chi connectivity index (χ3n) is 1.23. The van der Waals surface area contributed by atoms with E-state index in [9.17, 15) is 4.79 Å². The van der Waals surface area contributed by atoms with Gasteiger partial charge >= 0.3 is 0 Å². The van der Waals surface area contributed by atoms with Gasteiger partial charge in [0.15, 0.2) is 0 Å². The van der Waals surface area contributed by atoms with Gasteiger partial charge in [0, 0.05) is 11.8 Å². The van der Waals surface area contributed by atoms with Crippen LogP contribution in [0.2, 0.25) is 0 Å². The second-order valence-corrected chi connectivity index (χ2v) is 2.38. The molecule has 0 bridgehead atoms. The van der Waals surface area contributed by atoms with Crippen LogP contribution in [0.4, 0.5) is 5.69 Å². The van der Waals surface area contributed by atoms with Crippen LogP contribution in [0, 0.1) is 11.8 Å². The summed E-state index contributed by atoms with van der Waals surface area (Å²) in [4.78, 5) is 13.2. The second-order valence-electron chi connectivity index (χ2n) is 2.11. The molecule has 1 aromatic heterocycles. The van der Waals surface area contributed by atoms with Gasteiger partial charge in [-0.1, -0.05) is 11.8 Å². The van der Waals surface area contributed by atoms with Crippen molar-refractivity contribution in [2.45, 2.75) is 0 Å². The quantitative estimate of drug-likeness (QED) is 0.455. The van der Waals surface area contributed by atoms with E-state index in [2.05, 4.69) is 16.8 Å². The van der Waals surface area contributed by atoms with Gasteiger partial charge < -0.3 is 10.7 Å². The third-order valence-corrected chi connectivity index (χ3v) is 1.37. The van der Waals surface area contributed by atoms with Crippen molar-refractivity contribution in [2.24, 2.45) is 0 Å². The van der Waals surface area contributed by atoms with Gasteiger partial charge in [-0.25, -0.2) is 0 Å². The smallest absolute Gasteiger partial charge is 0.271 e. The van der Waals surface area contributed by atoms with Gasteiger partial charge in [0.1, 0.15) is 0 Å². The molecule has 0 saturated carbocycles. The number of hydrogen-bond donors (Lipinski definition) is 2. The lowest BCUT2D eigenvalue weighted by Gasteiger charge is -1.91. The summed E-state index contributed by atoms with van der Waals surface area (Å²) >= 11 is 5.35. The Morgan fingerprint density at radius 1 is 1.67 bits per heavy atom. The Hall–Kier alpha value is -1.40. The van der Waals surface area contributed by atoms with Crippen LogP contribution in [0.5, 0.6) is 0 Å². The second kappa shape index (κ2) is 3.84. The van der Waals surface area contributed by atoms with Crippen molar-refractivity contribution in [3.8, 4) is 11.8 Å². The van der Waals surface area contributed by atoms with Gasteiger partial charge in [0.25, 0.3) is 5.56 Å². The lowest BCUT2D eigenvalue weighted by Crippen LogP contribution is -2.10. The van der Waals surface area contributed by atoms with E-state index in [0.717, 1.165) is 0 Å². The highest BCUT2D eigenvalue weighted by Gasteiger charge is 1.92. The van der Waals surface area contributed by atoms with Crippen molar-refractivity contribution in [2.75, 3.05) is 11.6 Å². The molecular weight excluding hydrogens is 176 g/mol. The molecule has 3 nitrogen and oxygen atoms in total. The number of rotatable bonds is 0. The Kier molecular flexibility index (Phi) is 2.78. The fourth-order valence-electron chi connectivity index (χ4n) is 0.709. The van der Waals surface area contributed by atoms with E-state index in [-0.39, 0.29) is 17.1 Å². The predicted molar refractivity (Wildman–Crippen MR) is 49.1 cm³/mol. The maximum absolute atomic E-state index is 10.8. The topological polar surface area (TPSA) is 58.9 Å². The molecule has 0 amide bonds. The molecule has 0 aromatic carbocycles. The standard InChI is InChI=1S/C8H7ClN2O/c9-3-1-2-6-4-7(10)8(12)11-5-6/h4-5H,3,10H2,(H,11,12). The first-order valence-corrected chi connectivity index (χ1v) is 3.80. The molecule has 3 N–H and O–H groups in total. The Morgan fingerprint density at radius 3 is 3.00 bits per heavy atom.